The van der Waals surface area contributed by atoms with E-state index in [1.54, 1.807) is 0 Å². The molecule has 3 nitrogen and oxygen atoms in total. The van der Waals surface area contributed by atoms with Gasteiger partial charge in [0, 0.05) is 24.4 Å². The van der Waals surface area contributed by atoms with Crippen molar-refractivity contribution in [3.05, 3.63) is 58.4 Å². The standard InChI is InChI=1S/C15H12IN3/c1-19-15(13(16)10-18-19)12-7-8-14(17-9-12)11-5-3-2-4-6-11/h2-10H,1H3. The number of halogens is 1. The zero-order valence-electron chi connectivity index (χ0n) is 10.4. The van der Waals surface area contributed by atoms with E-state index >= 15 is 0 Å². The molecule has 0 atom stereocenters. The first-order valence-electron chi connectivity index (χ1n) is 5.95. The van der Waals surface area contributed by atoms with Crippen LogP contribution in [0.3, 0.4) is 0 Å². The van der Waals surface area contributed by atoms with Crippen LogP contribution in [0.1, 0.15) is 0 Å². The molecule has 0 saturated heterocycles. The molecule has 0 saturated carbocycles. The Morgan fingerprint density at radius 2 is 1.74 bits per heavy atom. The van der Waals surface area contributed by atoms with Gasteiger partial charge in [-0.3, -0.25) is 9.67 Å². The summed E-state index contributed by atoms with van der Waals surface area (Å²) in [6.07, 6.45) is 3.77. The fraction of sp³-hybridized carbons (Fsp3) is 0.0667. The smallest absolute Gasteiger partial charge is 0.0828 e. The summed E-state index contributed by atoms with van der Waals surface area (Å²) < 4.78 is 3.01. The Morgan fingerprint density at radius 3 is 2.32 bits per heavy atom. The molecule has 3 rings (SSSR count). The normalized spacial score (nSPS) is 10.6. The highest BCUT2D eigenvalue weighted by Crippen LogP contribution is 2.25. The molecule has 0 bridgehead atoms. The summed E-state index contributed by atoms with van der Waals surface area (Å²) in [6, 6.07) is 14.3. The van der Waals surface area contributed by atoms with E-state index in [9.17, 15) is 0 Å². The average molecular weight is 361 g/mol. The van der Waals surface area contributed by atoms with Crippen LogP contribution in [-0.4, -0.2) is 14.8 Å². The quantitative estimate of drug-likeness (QED) is 0.651. The van der Waals surface area contributed by atoms with E-state index in [-0.39, 0.29) is 0 Å². The molecule has 1 aromatic carbocycles. The zero-order valence-corrected chi connectivity index (χ0v) is 12.6. The van der Waals surface area contributed by atoms with E-state index in [0.717, 1.165) is 26.1 Å². The number of nitrogens with zero attached hydrogens (tertiary/aromatic N) is 3. The number of aryl methyl sites for hydroxylation is 1. The topological polar surface area (TPSA) is 30.7 Å². The van der Waals surface area contributed by atoms with Gasteiger partial charge in [-0.15, -0.1) is 0 Å². The van der Waals surface area contributed by atoms with Crippen LogP contribution in [0.15, 0.2) is 54.9 Å². The summed E-state index contributed by atoms with van der Waals surface area (Å²) in [5.41, 5.74) is 4.31. The Bertz CT molecular complexity index is 668. The largest absolute Gasteiger partial charge is 0.267 e. The van der Waals surface area contributed by atoms with Gasteiger partial charge in [-0.05, 0) is 34.7 Å². The lowest BCUT2D eigenvalue weighted by atomic mass is 10.1. The van der Waals surface area contributed by atoms with Gasteiger partial charge >= 0.3 is 0 Å². The van der Waals surface area contributed by atoms with Crippen molar-refractivity contribution in [3.63, 3.8) is 0 Å². The lowest BCUT2D eigenvalue weighted by Gasteiger charge is -2.05. The molecule has 94 valence electrons. The van der Waals surface area contributed by atoms with Crippen molar-refractivity contribution >= 4 is 22.6 Å². The zero-order chi connectivity index (χ0) is 13.2. The van der Waals surface area contributed by atoms with Crippen molar-refractivity contribution in [2.24, 2.45) is 7.05 Å². The maximum atomic E-state index is 4.54. The highest BCUT2D eigenvalue weighted by molar-refractivity contribution is 14.1. The molecule has 0 unspecified atom stereocenters. The Labute approximate surface area is 125 Å². The molecule has 2 aromatic heterocycles. The van der Waals surface area contributed by atoms with Crippen LogP contribution in [0.25, 0.3) is 22.5 Å². The van der Waals surface area contributed by atoms with Crippen LogP contribution in [-0.2, 0) is 7.05 Å². The first-order valence-corrected chi connectivity index (χ1v) is 7.03. The van der Waals surface area contributed by atoms with Gasteiger partial charge in [-0.25, -0.2) is 0 Å². The molecular formula is C15H12IN3. The van der Waals surface area contributed by atoms with Gasteiger partial charge in [0.05, 0.1) is 21.2 Å². The van der Waals surface area contributed by atoms with Crippen molar-refractivity contribution in [2.75, 3.05) is 0 Å². The summed E-state index contributed by atoms with van der Waals surface area (Å²) in [4.78, 5) is 4.54. The lowest BCUT2D eigenvalue weighted by Crippen LogP contribution is -1.95. The summed E-state index contributed by atoms with van der Waals surface area (Å²) in [6.45, 7) is 0. The Morgan fingerprint density at radius 1 is 0.947 bits per heavy atom. The summed E-state index contributed by atoms with van der Waals surface area (Å²) in [5.74, 6) is 0. The molecule has 2 heterocycles. The molecule has 3 aromatic rings. The van der Waals surface area contributed by atoms with Crippen molar-refractivity contribution in [1.29, 1.82) is 0 Å². The molecular weight excluding hydrogens is 349 g/mol. The minimum absolute atomic E-state index is 0.988. The van der Waals surface area contributed by atoms with Crippen molar-refractivity contribution in [1.82, 2.24) is 14.8 Å². The van der Waals surface area contributed by atoms with Gasteiger partial charge < -0.3 is 0 Å². The summed E-state index contributed by atoms with van der Waals surface area (Å²) >= 11 is 2.29. The first kappa shape index (κ1) is 12.3. The fourth-order valence-corrected chi connectivity index (χ4v) is 2.83. The molecule has 0 aliphatic rings. The second kappa shape index (κ2) is 5.13. The lowest BCUT2D eigenvalue weighted by molar-refractivity contribution is 0.775. The summed E-state index contributed by atoms with van der Waals surface area (Å²) in [5, 5.41) is 4.25. The Balaban J connectivity index is 2.00. The van der Waals surface area contributed by atoms with Crippen LogP contribution in [0.2, 0.25) is 0 Å². The van der Waals surface area contributed by atoms with E-state index in [2.05, 4.69) is 50.9 Å². The molecule has 0 N–H and O–H groups in total. The maximum Gasteiger partial charge on any atom is 0.0828 e. The highest BCUT2D eigenvalue weighted by Gasteiger charge is 2.09. The predicted molar refractivity (Wildman–Crippen MR) is 84.6 cm³/mol. The van der Waals surface area contributed by atoms with Gasteiger partial charge in [-0.1, -0.05) is 30.3 Å². The van der Waals surface area contributed by atoms with Gasteiger partial charge in [-0.2, -0.15) is 5.10 Å². The minimum atomic E-state index is 0.988. The molecule has 19 heavy (non-hydrogen) atoms. The molecule has 0 spiro atoms. The third-order valence-electron chi connectivity index (χ3n) is 3.00. The van der Waals surface area contributed by atoms with Crippen LogP contribution in [0.5, 0.6) is 0 Å². The molecule has 4 heteroatoms. The third-order valence-corrected chi connectivity index (χ3v) is 3.79. The van der Waals surface area contributed by atoms with Gasteiger partial charge in [0.1, 0.15) is 0 Å². The second-order valence-electron chi connectivity index (χ2n) is 4.26. The van der Waals surface area contributed by atoms with Crippen LogP contribution < -0.4 is 0 Å². The number of benzene rings is 1. The molecule has 0 aliphatic carbocycles. The van der Waals surface area contributed by atoms with E-state index in [4.69, 9.17) is 0 Å². The summed E-state index contributed by atoms with van der Waals surface area (Å²) in [7, 11) is 1.95. The Kier molecular flexibility index (Phi) is 3.33. The third kappa shape index (κ3) is 2.40. The number of pyridine rings is 1. The van der Waals surface area contributed by atoms with Crippen LogP contribution in [0, 0.1) is 3.57 Å². The first-order chi connectivity index (χ1) is 9.25. The Hall–Kier alpha value is -1.69. The van der Waals surface area contributed by atoms with Crippen molar-refractivity contribution in [2.45, 2.75) is 0 Å². The molecule has 0 aliphatic heterocycles. The van der Waals surface area contributed by atoms with E-state index in [0.29, 0.717) is 0 Å². The molecule has 0 amide bonds. The van der Waals surface area contributed by atoms with Gasteiger partial charge in [0.25, 0.3) is 0 Å². The van der Waals surface area contributed by atoms with E-state index in [1.807, 2.05) is 48.4 Å². The number of hydrogen-bond acceptors (Lipinski definition) is 2. The second-order valence-corrected chi connectivity index (χ2v) is 5.43. The molecule has 0 radical (unpaired) electrons. The van der Waals surface area contributed by atoms with Crippen molar-refractivity contribution in [3.8, 4) is 22.5 Å². The van der Waals surface area contributed by atoms with Crippen LogP contribution in [0.4, 0.5) is 0 Å². The van der Waals surface area contributed by atoms with E-state index < -0.39 is 0 Å². The monoisotopic (exact) mass is 361 g/mol. The number of aromatic nitrogens is 3. The number of hydrogen-bond donors (Lipinski definition) is 0. The predicted octanol–water partition coefficient (Wildman–Crippen LogP) is 3.75. The van der Waals surface area contributed by atoms with Crippen LogP contribution >= 0.6 is 22.6 Å². The maximum absolute atomic E-state index is 4.54. The molecule has 0 fully saturated rings. The number of rotatable bonds is 2. The minimum Gasteiger partial charge on any atom is -0.267 e. The van der Waals surface area contributed by atoms with Gasteiger partial charge in [0.15, 0.2) is 0 Å². The van der Waals surface area contributed by atoms with Gasteiger partial charge in [0.2, 0.25) is 0 Å². The van der Waals surface area contributed by atoms with Crippen molar-refractivity contribution < 1.29 is 0 Å². The average Bonchev–Trinajstić information content (AvgIpc) is 2.79. The highest BCUT2D eigenvalue weighted by atomic mass is 127. The fourth-order valence-electron chi connectivity index (χ4n) is 2.05. The SMILES string of the molecule is Cn1ncc(I)c1-c1ccc(-c2ccccc2)nc1. The van der Waals surface area contributed by atoms with E-state index in [1.165, 1.54) is 0 Å².